The minimum Gasteiger partial charge on any atom is -0.398 e. The van der Waals surface area contributed by atoms with Crippen molar-refractivity contribution in [3.05, 3.63) is 64.7 Å². The molecular formula is C15H12F3NO. The number of nitrogen functional groups attached to an aromatic ring is 1. The molecule has 0 aliphatic rings. The smallest absolute Gasteiger partial charge is 0.398 e. The Morgan fingerprint density at radius 2 is 1.65 bits per heavy atom. The second-order valence-electron chi connectivity index (χ2n) is 4.49. The summed E-state index contributed by atoms with van der Waals surface area (Å²) in [6, 6.07) is 9.50. The molecule has 2 aromatic rings. The van der Waals surface area contributed by atoms with Crippen LogP contribution < -0.4 is 5.73 Å². The largest absolute Gasteiger partial charge is 0.416 e. The van der Waals surface area contributed by atoms with Crippen molar-refractivity contribution in [3.8, 4) is 0 Å². The van der Waals surface area contributed by atoms with Gasteiger partial charge in [-0.15, -0.1) is 0 Å². The summed E-state index contributed by atoms with van der Waals surface area (Å²) >= 11 is 0. The molecule has 20 heavy (non-hydrogen) atoms. The molecule has 2 N–H and O–H groups in total. The molecule has 0 bridgehead atoms. The lowest BCUT2D eigenvalue weighted by Crippen LogP contribution is -2.10. The molecule has 5 heteroatoms. The number of hydrogen-bond acceptors (Lipinski definition) is 2. The summed E-state index contributed by atoms with van der Waals surface area (Å²) in [6.45, 7) is 1.88. The molecule has 0 aromatic heterocycles. The summed E-state index contributed by atoms with van der Waals surface area (Å²) in [5.41, 5.74) is 5.97. The Morgan fingerprint density at radius 1 is 1.05 bits per heavy atom. The van der Waals surface area contributed by atoms with Gasteiger partial charge in [0.2, 0.25) is 0 Å². The van der Waals surface area contributed by atoms with Crippen LogP contribution in [0.15, 0.2) is 42.5 Å². The Bertz CT molecular complexity index is 645. The molecule has 0 atom stereocenters. The number of carbonyl (C=O) groups excluding carboxylic acids is 1. The summed E-state index contributed by atoms with van der Waals surface area (Å²) < 4.78 is 37.6. The van der Waals surface area contributed by atoms with E-state index in [2.05, 4.69) is 0 Å². The third-order valence-corrected chi connectivity index (χ3v) is 2.94. The predicted molar refractivity (Wildman–Crippen MR) is 70.5 cm³/mol. The Balaban J connectivity index is 2.38. The van der Waals surface area contributed by atoms with E-state index in [1.54, 1.807) is 24.3 Å². The SMILES string of the molecule is Cc1ccc(C(=O)c2ccc(C(F)(F)F)cc2N)cc1. The van der Waals surface area contributed by atoms with Gasteiger partial charge in [-0.3, -0.25) is 4.79 Å². The standard InChI is InChI=1S/C15H12F3NO/c1-9-2-4-10(5-3-9)14(20)12-7-6-11(8-13(12)19)15(16,17)18/h2-8H,19H2,1H3. The predicted octanol–water partition coefficient (Wildman–Crippen LogP) is 3.83. The molecule has 0 saturated heterocycles. The number of aryl methyl sites for hydroxylation is 1. The molecule has 2 nitrogen and oxygen atoms in total. The lowest BCUT2D eigenvalue weighted by molar-refractivity contribution is -0.137. The van der Waals surface area contributed by atoms with Gasteiger partial charge in [-0.05, 0) is 25.1 Å². The molecule has 0 amide bonds. The van der Waals surface area contributed by atoms with Gasteiger partial charge in [0.05, 0.1) is 5.56 Å². The minimum absolute atomic E-state index is 0.0712. The van der Waals surface area contributed by atoms with Crippen molar-refractivity contribution in [2.45, 2.75) is 13.1 Å². The fourth-order valence-electron chi connectivity index (χ4n) is 1.81. The summed E-state index contributed by atoms with van der Waals surface area (Å²) in [5, 5.41) is 0. The van der Waals surface area contributed by atoms with Crippen LogP contribution in [0, 0.1) is 6.92 Å². The first-order valence-electron chi connectivity index (χ1n) is 5.87. The number of nitrogens with two attached hydrogens (primary N) is 1. The maximum atomic E-state index is 12.5. The summed E-state index contributed by atoms with van der Waals surface area (Å²) in [6.07, 6.45) is -4.47. The highest BCUT2D eigenvalue weighted by Gasteiger charge is 2.31. The van der Waals surface area contributed by atoms with Crippen LogP contribution in [0.2, 0.25) is 0 Å². The van der Waals surface area contributed by atoms with Gasteiger partial charge in [0.1, 0.15) is 0 Å². The van der Waals surface area contributed by atoms with Crippen LogP contribution in [-0.4, -0.2) is 5.78 Å². The number of halogens is 3. The third kappa shape index (κ3) is 2.82. The Labute approximate surface area is 114 Å². The molecule has 0 fully saturated rings. The van der Waals surface area contributed by atoms with Crippen molar-refractivity contribution in [3.63, 3.8) is 0 Å². The molecule has 0 unspecified atom stereocenters. The average molecular weight is 279 g/mol. The van der Waals surface area contributed by atoms with Crippen molar-refractivity contribution < 1.29 is 18.0 Å². The number of hydrogen-bond donors (Lipinski definition) is 1. The highest BCUT2D eigenvalue weighted by Crippen LogP contribution is 2.31. The first kappa shape index (κ1) is 14.1. The summed E-state index contributed by atoms with van der Waals surface area (Å²) in [5.74, 6) is -0.392. The minimum atomic E-state index is -4.47. The summed E-state index contributed by atoms with van der Waals surface area (Å²) in [7, 11) is 0. The summed E-state index contributed by atoms with van der Waals surface area (Å²) in [4.78, 5) is 12.2. The topological polar surface area (TPSA) is 43.1 Å². The maximum absolute atomic E-state index is 12.5. The van der Waals surface area contributed by atoms with Crippen molar-refractivity contribution in [1.29, 1.82) is 0 Å². The van der Waals surface area contributed by atoms with Gasteiger partial charge in [-0.25, -0.2) is 0 Å². The van der Waals surface area contributed by atoms with E-state index in [1.807, 2.05) is 6.92 Å². The number of carbonyl (C=O) groups is 1. The van der Waals surface area contributed by atoms with Crippen LogP contribution >= 0.6 is 0 Å². The molecule has 0 aliphatic carbocycles. The van der Waals surface area contributed by atoms with Gasteiger partial charge in [-0.2, -0.15) is 13.2 Å². The van der Waals surface area contributed by atoms with Crippen LogP contribution in [0.5, 0.6) is 0 Å². The van der Waals surface area contributed by atoms with Crippen LogP contribution in [-0.2, 0) is 6.18 Å². The fraction of sp³-hybridized carbons (Fsp3) is 0.133. The average Bonchev–Trinajstić information content (AvgIpc) is 2.37. The Kier molecular flexibility index (Phi) is 3.53. The highest BCUT2D eigenvalue weighted by molar-refractivity contribution is 6.12. The maximum Gasteiger partial charge on any atom is 0.416 e. The van der Waals surface area contributed by atoms with E-state index in [-0.39, 0.29) is 11.3 Å². The lowest BCUT2D eigenvalue weighted by atomic mass is 9.99. The molecule has 0 saturated carbocycles. The first-order valence-corrected chi connectivity index (χ1v) is 5.87. The van der Waals surface area contributed by atoms with Crippen LogP contribution in [0.4, 0.5) is 18.9 Å². The van der Waals surface area contributed by atoms with E-state index in [9.17, 15) is 18.0 Å². The second kappa shape index (κ2) is 5.00. The fourth-order valence-corrected chi connectivity index (χ4v) is 1.81. The zero-order valence-corrected chi connectivity index (χ0v) is 10.7. The van der Waals surface area contributed by atoms with E-state index >= 15 is 0 Å². The third-order valence-electron chi connectivity index (χ3n) is 2.94. The normalized spacial score (nSPS) is 11.4. The molecule has 0 radical (unpaired) electrons. The van der Waals surface area contributed by atoms with Gasteiger partial charge < -0.3 is 5.73 Å². The molecule has 0 aliphatic heterocycles. The lowest BCUT2D eigenvalue weighted by Gasteiger charge is -2.10. The van der Waals surface area contributed by atoms with Gasteiger partial charge in [0, 0.05) is 16.8 Å². The van der Waals surface area contributed by atoms with Crippen LogP contribution in [0.1, 0.15) is 27.0 Å². The van der Waals surface area contributed by atoms with E-state index < -0.39 is 17.5 Å². The van der Waals surface area contributed by atoms with E-state index in [4.69, 9.17) is 5.73 Å². The molecule has 0 spiro atoms. The Hall–Kier alpha value is -2.30. The van der Waals surface area contributed by atoms with Gasteiger partial charge in [-0.1, -0.05) is 29.8 Å². The monoisotopic (exact) mass is 279 g/mol. The number of rotatable bonds is 2. The number of benzene rings is 2. The quantitative estimate of drug-likeness (QED) is 0.670. The molecule has 2 aromatic carbocycles. The zero-order chi connectivity index (χ0) is 14.9. The highest BCUT2D eigenvalue weighted by atomic mass is 19.4. The van der Waals surface area contributed by atoms with E-state index in [1.165, 1.54) is 0 Å². The van der Waals surface area contributed by atoms with Gasteiger partial charge in [0.15, 0.2) is 5.78 Å². The van der Waals surface area contributed by atoms with Crippen molar-refractivity contribution in [2.24, 2.45) is 0 Å². The number of anilines is 1. The number of alkyl halides is 3. The van der Waals surface area contributed by atoms with Gasteiger partial charge >= 0.3 is 6.18 Å². The van der Waals surface area contributed by atoms with E-state index in [0.29, 0.717) is 5.56 Å². The second-order valence-corrected chi connectivity index (χ2v) is 4.49. The molecule has 104 valence electrons. The van der Waals surface area contributed by atoms with Crippen LogP contribution in [0.25, 0.3) is 0 Å². The zero-order valence-electron chi connectivity index (χ0n) is 10.7. The van der Waals surface area contributed by atoms with Gasteiger partial charge in [0.25, 0.3) is 0 Å². The molecule has 2 rings (SSSR count). The number of ketones is 1. The van der Waals surface area contributed by atoms with Crippen molar-refractivity contribution in [1.82, 2.24) is 0 Å². The molecular weight excluding hydrogens is 267 g/mol. The van der Waals surface area contributed by atoms with E-state index in [0.717, 1.165) is 23.8 Å². The van der Waals surface area contributed by atoms with Crippen molar-refractivity contribution in [2.75, 3.05) is 5.73 Å². The molecule has 0 heterocycles. The Morgan fingerprint density at radius 3 is 2.15 bits per heavy atom. The van der Waals surface area contributed by atoms with Crippen LogP contribution in [0.3, 0.4) is 0 Å². The first-order chi connectivity index (χ1) is 9.29. The van der Waals surface area contributed by atoms with Crippen molar-refractivity contribution >= 4 is 11.5 Å².